The molecule has 23 heavy (non-hydrogen) atoms. The van der Waals surface area contributed by atoms with Crippen molar-refractivity contribution in [3.05, 3.63) is 71.8 Å². The fourth-order valence-corrected chi connectivity index (χ4v) is 2.68. The zero-order valence-corrected chi connectivity index (χ0v) is 11.9. The quantitative estimate of drug-likeness (QED) is 0.580. The van der Waals surface area contributed by atoms with E-state index in [4.69, 9.17) is 4.74 Å². The summed E-state index contributed by atoms with van der Waals surface area (Å²) in [4.78, 5) is 23.5. The molecule has 1 aliphatic rings. The second kappa shape index (κ2) is 4.93. The first-order valence-electron chi connectivity index (χ1n) is 7.02. The van der Waals surface area contributed by atoms with E-state index in [1.807, 2.05) is 42.5 Å². The molecule has 0 fully saturated rings. The molecule has 4 rings (SSSR count). The Kier molecular flexibility index (Phi) is 2.89. The van der Waals surface area contributed by atoms with E-state index >= 15 is 0 Å². The van der Waals surface area contributed by atoms with Gasteiger partial charge in [0, 0.05) is 5.39 Å². The number of hydroxylamine groups is 2. The van der Waals surface area contributed by atoms with Crippen molar-refractivity contribution in [2.45, 2.75) is 0 Å². The highest BCUT2D eigenvalue weighted by Gasteiger charge is 2.35. The topological polar surface area (TPSA) is 66.8 Å². The second-order valence-electron chi connectivity index (χ2n) is 5.21. The molecule has 3 aromatic carbocycles. The minimum atomic E-state index is -0.742. The van der Waals surface area contributed by atoms with Gasteiger partial charge in [-0.3, -0.25) is 14.8 Å². The standard InChI is InChI=1S/C18H11NO4/c20-17-14-9-8-12(10-15(14)18(21)19(17)22)23-16-7-3-5-11-4-1-2-6-13(11)16/h1-10,22H. The lowest BCUT2D eigenvalue weighted by molar-refractivity contribution is -0.0327. The number of rotatable bonds is 2. The molecule has 1 N–H and O–H groups in total. The van der Waals surface area contributed by atoms with E-state index in [0.717, 1.165) is 10.8 Å². The van der Waals surface area contributed by atoms with Gasteiger partial charge in [-0.15, -0.1) is 5.06 Å². The summed E-state index contributed by atoms with van der Waals surface area (Å²) >= 11 is 0. The van der Waals surface area contributed by atoms with Gasteiger partial charge in [0.05, 0.1) is 11.1 Å². The summed E-state index contributed by atoms with van der Waals surface area (Å²) < 4.78 is 5.87. The van der Waals surface area contributed by atoms with Crippen LogP contribution in [0, 0.1) is 0 Å². The van der Waals surface area contributed by atoms with E-state index < -0.39 is 11.8 Å². The lowest BCUT2D eigenvalue weighted by Gasteiger charge is -2.09. The van der Waals surface area contributed by atoms with Gasteiger partial charge in [-0.25, -0.2) is 0 Å². The second-order valence-corrected chi connectivity index (χ2v) is 5.21. The number of hydrogen-bond acceptors (Lipinski definition) is 4. The van der Waals surface area contributed by atoms with Crippen molar-refractivity contribution < 1.29 is 19.5 Å². The number of benzene rings is 3. The summed E-state index contributed by atoms with van der Waals surface area (Å²) in [5.41, 5.74) is 0.304. The fourth-order valence-electron chi connectivity index (χ4n) is 2.68. The predicted molar refractivity (Wildman–Crippen MR) is 82.8 cm³/mol. The van der Waals surface area contributed by atoms with E-state index in [0.29, 0.717) is 11.5 Å². The third-order valence-corrected chi connectivity index (χ3v) is 3.81. The monoisotopic (exact) mass is 305 g/mol. The zero-order valence-electron chi connectivity index (χ0n) is 11.9. The Bertz CT molecular complexity index is 959. The van der Waals surface area contributed by atoms with Crippen LogP contribution in [0.5, 0.6) is 11.5 Å². The summed E-state index contributed by atoms with van der Waals surface area (Å²) in [6.45, 7) is 0. The van der Waals surface area contributed by atoms with Crippen molar-refractivity contribution in [1.82, 2.24) is 5.06 Å². The number of imide groups is 1. The molecule has 0 saturated carbocycles. The lowest BCUT2D eigenvalue weighted by atomic mass is 10.1. The zero-order chi connectivity index (χ0) is 16.0. The molecule has 0 bridgehead atoms. The first kappa shape index (κ1) is 13.5. The van der Waals surface area contributed by atoms with Crippen molar-refractivity contribution >= 4 is 22.6 Å². The van der Waals surface area contributed by atoms with Gasteiger partial charge >= 0.3 is 0 Å². The van der Waals surface area contributed by atoms with Crippen LogP contribution in [-0.2, 0) is 0 Å². The summed E-state index contributed by atoms with van der Waals surface area (Å²) in [6.07, 6.45) is 0. The van der Waals surface area contributed by atoms with Crippen LogP contribution < -0.4 is 4.74 Å². The molecule has 3 aromatic rings. The molecule has 112 valence electrons. The van der Waals surface area contributed by atoms with Crippen molar-refractivity contribution in [2.24, 2.45) is 0 Å². The van der Waals surface area contributed by atoms with Crippen LogP contribution in [0.1, 0.15) is 20.7 Å². The number of amides is 2. The summed E-state index contributed by atoms with van der Waals surface area (Å²) in [5, 5.41) is 11.5. The van der Waals surface area contributed by atoms with Crippen LogP contribution in [0.25, 0.3) is 10.8 Å². The smallest absolute Gasteiger partial charge is 0.285 e. The van der Waals surface area contributed by atoms with Gasteiger partial charge in [-0.1, -0.05) is 36.4 Å². The molecule has 1 aliphatic heterocycles. The maximum atomic E-state index is 11.8. The number of ether oxygens (including phenoxy) is 1. The third-order valence-electron chi connectivity index (χ3n) is 3.81. The van der Waals surface area contributed by atoms with E-state index in [-0.39, 0.29) is 16.2 Å². The van der Waals surface area contributed by atoms with Crippen LogP contribution in [0.2, 0.25) is 0 Å². The molecule has 0 aliphatic carbocycles. The van der Waals surface area contributed by atoms with E-state index in [1.165, 1.54) is 12.1 Å². The van der Waals surface area contributed by atoms with Gasteiger partial charge in [-0.2, -0.15) is 0 Å². The van der Waals surface area contributed by atoms with Gasteiger partial charge in [0.25, 0.3) is 11.8 Å². The number of carbonyl (C=O) groups is 2. The average Bonchev–Trinajstić information content (AvgIpc) is 2.80. The van der Waals surface area contributed by atoms with E-state index in [9.17, 15) is 14.8 Å². The maximum Gasteiger partial charge on any atom is 0.285 e. The normalized spacial score (nSPS) is 13.5. The fraction of sp³-hybridized carbons (Fsp3) is 0. The minimum absolute atomic E-state index is 0.117. The molecule has 0 aromatic heterocycles. The Morgan fingerprint density at radius 2 is 1.57 bits per heavy atom. The number of nitrogens with zero attached hydrogens (tertiary/aromatic N) is 1. The van der Waals surface area contributed by atoms with E-state index in [2.05, 4.69) is 0 Å². The van der Waals surface area contributed by atoms with Crippen LogP contribution in [0.3, 0.4) is 0 Å². The Labute approximate surface area is 131 Å². The van der Waals surface area contributed by atoms with Crippen LogP contribution in [0.4, 0.5) is 0 Å². The largest absolute Gasteiger partial charge is 0.457 e. The molecule has 5 nitrogen and oxygen atoms in total. The van der Waals surface area contributed by atoms with Gasteiger partial charge in [-0.05, 0) is 29.7 Å². The van der Waals surface area contributed by atoms with Gasteiger partial charge in [0.1, 0.15) is 11.5 Å². The van der Waals surface area contributed by atoms with Crippen LogP contribution >= 0.6 is 0 Å². The Balaban J connectivity index is 1.76. The maximum absolute atomic E-state index is 11.8. The minimum Gasteiger partial charge on any atom is -0.457 e. The molecular weight excluding hydrogens is 294 g/mol. The number of carbonyl (C=O) groups excluding carboxylic acids is 2. The molecule has 0 atom stereocenters. The first-order chi connectivity index (χ1) is 11.1. The van der Waals surface area contributed by atoms with Crippen LogP contribution in [-0.4, -0.2) is 22.1 Å². The third kappa shape index (κ3) is 2.06. The highest BCUT2D eigenvalue weighted by Crippen LogP contribution is 2.32. The Morgan fingerprint density at radius 1 is 0.826 bits per heavy atom. The molecular formula is C18H11NO4. The van der Waals surface area contributed by atoms with Crippen molar-refractivity contribution in [1.29, 1.82) is 0 Å². The van der Waals surface area contributed by atoms with Crippen molar-refractivity contribution in [3.8, 4) is 11.5 Å². The summed E-state index contributed by atoms with van der Waals surface area (Å²) in [5.74, 6) is -0.382. The van der Waals surface area contributed by atoms with Crippen molar-refractivity contribution in [3.63, 3.8) is 0 Å². The average molecular weight is 305 g/mol. The molecule has 0 saturated heterocycles. The molecule has 2 amide bonds. The Morgan fingerprint density at radius 3 is 2.43 bits per heavy atom. The SMILES string of the molecule is O=C1c2ccc(Oc3cccc4ccccc34)cc2C(=O)N1O. The van der Waals surface area contributed by atoms with Gasteiger partial charge in [0.15, 0.2) is 0 Å². The summed E-state index contributed by atoms with van der Waals surface area (Å²) in [7, 11) is 0. The van der Waals surface area contributed by atoms with Gasteiger partial charge in [0.2, 0.25) is 0 Å². The van der Waals surface area contributed by atoms with E-state index in [1.54, 1.807) is 6.07 Å². The highest BCUT2D eigenvalue weighted by molar-refractivity contribution is 6.20. The molecule has 0 unspecified atom stereocenters. The predicted octanol–water partition coefficient (Wildman–Crippen LogP) is 3.62. The highest BCUT2D eigenvalue weighted by atomic mass is 16.5. The van der Waals surface area contributed by atoms with Crippen LogP contribution in [0.15, 0.2) is 60.7 Å². The first-order valence-corrected chi connectivity index (χ1v) is 7.02. The molecule has 0 spiro atoms. The van der Waals surface area contributed by atoms with Gasteiger partial charge < -0.3 is 4.74 Å². The lowest BCUT2D eigenvalue weighted by Crippen LogP contribution is -2.25. The number of hydrogen-bond donors (Lipinski definition) is 1. The molecule has 5 heteroatoms. The molecule has 0 radical (unpaired) electrons. The van der Waals surface area contributed by atoms with Crippen molar-refractivity contribution in [2.75, 3.05) is 0 Å². The Hall–Kier alpha value is -3.18. The molecule has 1 heterocycles. The number of fused-ring (bicyclic) bond motifs is 2. The summed E-state index contributed by atoms with van der Waals surface area (Å²) in [6, 6.07) is 18.0.